The zero-order valence-electron chi connectivity index (χ0n) is 12.5. The molecule has 2 aromatic carbocycles. The van der Waals surface area contributed by atoms with E-state index in [4.69, 9.17) is 0 Å². The number of nitrogens with zero attached hydrogens (tertiary/aromatic N) is 3. The van der Waals surface area contributed by atoms with E-state index in [1.807, 2.05) is 55.5 Å². The molecule has 0 spiro atoms. The van der Waals surface area contributed by atoms with Crippen molar-refractivity contribution in [2.45, 2.75) is 6.92 Å². The molecule has 0 aliphatic rings. The number of aromatic amines is 1. The Hall–Kier alpha value is -3.21. The maximum absolute atomic E-state index is 10.1. The summed E-state index contributed by atoms with van der Waals surface area (Å²) < 4.78 is 0. The van der Waals surface area contributed by atoms with Gasteiger partial charge in [-0.15, -0.1) is 10.2 Å². The molecule has 0 radical (unpaired) electrons. The van der Waals surface area contributed by atoms with Crippen LogP contribution < -0.4 is 0 Å². The molecular weight excluding hydrogens is 288 g/mol. The van der Waals surface area contributed by atoms with Crippen molar-refractivity contribution in [1.82, 2.24) is 9.97 Å². The van der Waals surface area contributed by atoms with Gasteiger partial charge in [0.25, 0.3) is 0 Å². The van der Waals surface area contributed by atoms with Gasteiger partial charge in [0.2, 0.25) is 5.88 Å². The minimum atomic E-state index is 0.0197. The van der Waals surface area contributed by atoms with E-state index < -0.39 is 0 Å². The van der Waals surface area contributed by atoms with Crippen LogP contribution in [-0.4, -0.2) is 15.1 Å². The number of rotatable bonds is 2. The van der Waals surface area contributed by atoms with E-state index in [1.54, 1.807) is 6.20 Å². The van der Waals surface area contributed by atoms with Crippen LogP contribution in [-0.2, 0) is 0 Å². The molecule has 4 rings (SSSR count). The fraction of sp³-hybridized carbons (Fsp3) is 0.0556. The first kappa shape index (κ1) is 13.5. The summed E-state index contributed by atoms with van der Waals surface area (Å²) in [6.45, 7) is 1.98. The lowest BCUT2D eigenvalue weighted by Gasteiger charge is -1.99. The molecule has 0 atom stereocenters. The topological polar surface area (TPSA) is 73.6 Å². The lowest BCUT2D eigenvalue weighted by atomic mass is 10.1. The second kappa shape index (κ2) is 5.21. The van der Waals surface area contributed by atoms with Crippen molar-refractivity contribution >= 4 is 33.2 Å². The molecule has 0 fully saturated rings. The number of aromatic nitrogens is 2. The van der Waals surface area contributed by atoms with Crippen molar-refractivity contribution in [1.29, 1.82) is 0 Å². The highest BCUT2D eigenvalue weighted by Crippen LogP contribution is 2.37. The van der Waals surface area contributed by atoms with Crippen LogP contribution in [0.2, 0.25) is 0 Å². The quantitative estimate of drug-likeness (QED) is 0.503. The number of fused-ring (bicyclic) bond motifs is 2. The van der Waals surface area contributed by atoms with Crippen molar-refractivity contribution in [3.63, 3.8) is 0 Å². The lowest BCUT2D eigenvalue weighted by Crippen LogP contribution is -1.77. The normalized spacial score (nSPS) is 11.7. The molecule has 0 bridgehead atoms. The third-order valence-corrected chi connectivity index (χ3v) is 3.86. The first-order chi connectivity index (χ1) is 11.2. The summed E-state index contributed by atoms with van der Waals surface area (Å²) in [6.07, 6.45) is 1.73. The van der Waals surface area contributed by atoms with Gasteiger partial charge < -0.3 is 10.1 Å². The van der Waals surface area contributed by atoms with Crippen LogP contribution in [0.25, 0.3) is 21.8 Å². The molecule has 0 unspecified atom stereocenters. The number of azo groups is 1. The number of hydrogen-bond donors (Lipinski definition) is 2. The number of hydrogen-bond acceptors (Lipinski definition) is 4. The van der Waals surface area contributed by atoms with E-state index in [2.05, 4.69) is 20.2 Å². The Kier molecular flexibility index (Phi) is 3.05. The van der Waals surface area contributed by atoms with Gasteiger partial charge in [0.15, 0.2) is 5.69 Å². The largest absolute Gasteiger partial charge is 0.493 e. The van der Waals surface area contributed by atoms with E-state index in [9.17, 15) is 5.11 Å². The van der Waals surface area contributed by atoms with E-state index in [0.29, 0.717) is 11.4 Å². The van der Waals surface area contributed by atoms with E-state index in [1.165, 1.54) is 0 Å². The maximum Gasteiger partial charge on any atom is 0.218 e. The molecular formula is C18H14N4O. The van der Waals surface area contributed by atoms with Gasteiger partial charge in [-0.25, -0.2) is 0 Å². The summed E-state index contributed by atoms with van der Waals surface area (Å²) in [5.74, 6) is 0.0197. The molecule has 112 valence electrons. The Labute approximate surface area is 132 Å². The summed E-state index contributed by atoms with van der Waals surface area (Å²) in [5.41, 5.74) is 3.82. The third kappa shape index (κ3) is 2.23. The molecule has 23 heavy (non-hydrogen) atoms. The molecule has 0 aliphatic carbocycles. The van der Waals surface area contributed by atoms with Gasteiger partial charge in [0.05, 0.1) is 11.0 Å². The third-order valence-electron chi connectivity index (χ3n) is 3.86. The van der Waals surface area contributed by atoms with Crippen molar-refractivity contribution < 1.29 is 5.11 Å². The van der Waals surface area contributed by atoms with Crippen LogP contribution >= 0.6 is 0 Å². The van der Waals surface area contributed by atoms with Crippen LogP contribution in [0, 0.1) is 6.92 Å². The molecule has 2 aromatic heterocycles. The number of nitrogens with one attached hydrogen (secondary N) is 1. The van der Waals surface area contributed by atoms with Crippen molar-refractivity contribution in [3.05, 3.63) is 60.3 Å². The smallest absolute Gasteiger partial charge is 0.218 e. The summed E-state index contributed by atoms with van der Waals surface area (Å²) in [7, 11) is 0. The highest BCUT2D eigenvalue weighted by molar-refractivity contribution is 5.96. The minimum Gasteiger partial charge on any atom is -0.493 e. The Balaban J connectivity index is 1.85. The van der Waals surface area contributed by atoms with E-state index >= 15 is 0 Å². The van der Waals surface area contributed by atoms with Gasteiger partial charge in [-0.05, 0) is 24.6 Å². The molecule has 0 saturated carbocycles. The van der Waals surface area contributed by atoms with Gasteiger partial charge in [-0.2, -0.15) is 0 Å². The summed E-state index contributed by atoms with van der Waals surface area (Å²) in [5, 5.41) is 20.5. The first-order valence-electron chi connectivity index (χ1n) is 7.30. The Morgan fingerprint density at radius 1 is 1.00 bits per heavy atom. The lowest BCUT2D eigenvalue weighted by molar-refractivity contribution is 0.459. The average molecular weight is 302 g/mol. The fourth-order valence-corrected chi connectivity index (χ4v) is 2.71. The zero-order valence-corrected chi connectivity index (χ0v) is 12.5. The van der Waals surface area contributed by atoms with Gasteiger partial charge in [0, 0.05) is 17.0 Å². The SMILES string of the molecule is Cc1cccc2c(N=Nc3cccc4cccnc34)c(O)[nH]c12. The highest BCUT2D eigenvalue weighted by Gasteiger charge is 2.11. The number of para-hydroxylation sites is 2. The van der Waals surface area contributed by atoms with Crippen LogP contribution in [0.4, 0.5) is 11.4 Å². The van der Waals surface area contributed by atoms with Gasteiger partial charge in [-0.1, -0.05) is 36.4 Å². The predicted octanol–water partition coefficient (Wildman–Crippen LogP) is 5.15. The van der Waals surface area contributed by atoms with Crippen molar-refractivity contribution in [2.75, 3.05) is 0 Å². The maximum atomic E-state index is 10.1. The van der Waals surface area contributed by atoms with E-state index in [-0.39, 0.29) is 5.88 Å². The van der Waals surface area contributed by atoms with Crippen molar-refractivity contribution in [3.8, 4) is 5.88 Å². The predicted molar refractivity (Wildman–Crippen MR) is 90.6 cm³/mol. The molecule has 4 aromatic rings. The molecule has 2 heterocycles. The number of aromatic hydroxyl groups is 1. The molecule has 0 saturated heterocycles. The highest BCUT2D eigenvalue weighted by atomic mass is 16.3. The van der Waals surface area contributed by atoms with Crippen LogP contribution in [0.5, 0.6) is 5.88 Å². The van der Waals surface area contributed by atoms with E-state index in [0.717, 1.165) is 27.4 Å². The Bertz CT molecular complexity index is 1040. The van der Waals surface area contributed by atoms with Gasteiger partial charge in [-0.3, -0.25) is 4.98 Å². The van der Waals surface area contributed by atoms with Crippen molar-refractivity contribution in [2.24, 2.45) is 10.2 Å². The van der Waals surface area contributed by atoms with Gasteiger partial charge in [0.1, 0.15) is 5.69 Å². The second-order valence-corrected chi connectivity index (χ2v) is 5.37. The number of H-pyrrole nitrogens is 1. The Morgan fingerprint density at radius 2 is 1.83 bits per heavy atom. The summed E-state index contributed by atoms with van der Waals surface area (Å²) >= 11 is 0. The zero-order chi connectivity index (χ0) is 15.8. The number of pyridine rings is 1. The van der Waals surface area contributed by atoms with Gasteiger partial charge >= 0.3 is 0 Å². The summed E-state index contributed by atoms with van der Waals surface area (Å²) in [6, 6.07) is 15.4. The molecule has 2 N–H and O–H groups in total. The number of benzene rings is 2. The fourth-order valence-electron chi connectivity index (χ4n) is 2.71. The minimum absolute atomic E-state index is 0.0197. The molecule has 0 aliphatic heterocycles. The second-order valence-electron chi connectivity index (χ2n) is 5.37. The van der Waals surface area contributed by atoms with Crippen LogP contribution in [0.1, 0.15) is 5.56 Å². The molecule has 5 nitrogen and oxygen atoms in total. The monoisotopic (exact) mass is 302 g/mol. The first-order valence-corrected chi connectivity index (χ1v) is 7.30. The van der Waals surface area contributed by atoms with Crippen LogP contribution in [0.3, 0.4) is 0 Å². The molecule has 5 heteroatoms. The summed E-state index contributed by atoms with van der Waals surface area (Å²) in [4.78, 5) is 7.31. The average Bonchev–Trinajstić information content (AvgIpc) is 2.90. The van der Waals surface area contributed by atoms with Crippen LogP contribution in [0.15, 0.2) is 65.0 Å². The number of aryl methyl sites for hydroxylation is 1. The molecule has 0 amide bonds. The standard InChI is InChI=1S/C18H14N4O/c1-11-5-2-8-13-15(11)20-18(23)17(13)22-21-14-9-3-6-12-7-4-10-19-16(12)14/h2-10,20,23H,1H3. The Morgan fingerprint density at radius 3 is 2.74 bits per heavy atom.